The van der Waals surface area contributed by atoms with E-state index >= 15 is 0 Å². The number of aliphatic hydroxyl groups is 1. The number of hydrogen-bond donors (Lipinski definition) is 3. The first-order valence-corrected chi connectivity index (χ1v) is 32.8. The van der Waals surface area contributed by atoms with Crippen LogP contribution < -0.4 is 10.6 Å². The van der Waals surface area contributed by atoms with Gasteiger partial charge in [0.2, 0.25) is 11.8 Å². The van der Waals surface area contributed by atoms with Gasteiger partial charge < -0.3 is 49.1 Å². The highest BCUT2D eigenvalue weighted by Crippen LogP contribution is 2.49. The van der Waals surface area contributed by atoms with Crippen LogP contribution in [0.4, 0.5) is 46.9 Å². The van der Waals surface area contributed by atoms with Gasteiger partial charge in [0, 0.05) is 88.6 Å². The fourth-order valence-electron chi connectivity index (χ4n) is 13.6. The maximum Gasteiger partial charge on any atom is 0.416 e. The first kappa shape index (κ1) is 69.9. The molecule has 1 aliphatic carbocycles. The molecule has 4 amide bonds. The van der Waals surface area contributed by atoms with E-state index in [1.54, 1.807) is 16.8 Å². The van der Waals surface area contributed by atoms with E-state index < -0.39 is 70.7 Å². The normalized spacial score (nSPS) is 18.7. The molecule has 0 aromatic heterocycles. The van der Waals surface area contributed by atoms with Gasteiger partial charge in [-0.25, -0.2) is 9.18 Å². The van der Waals surface area contributed by atoms with Crippen LogP contribution in [0.25, 0.3) is 11.1 Å². The molecule has 1 spiro atoms. The molecule has 1 unspecified atom stereocenters. The average Bonchev–Trinajstić information content (AvgIpc) is 1.61. The predicted molar refractivity (Wildman–Crippen MR) is 348 cm³/mol. The standard InChI is InChI=1S/C73H84F7N7O8/c1-83(36-13-20-64(88)52-22-28-59(29-23-52)81-35-12-4-7-21-66(89)84(2)42-43-85-37-30-60(31-38-85)95-69(92)82-63-19-11-9-17-61(63)51-14-5-3-6-15-51)67(90)48-93-65-46-53-16-8-10-18-62(53)70(65)32-39-86(40-33-70)41-34-71(55-24-26-58(74)27-25-55)49-87(50-94-71)68(91)54-44-56(72(75,76)77)47-57(45-54)73(78,79)80/h3,5-6,8-11,14-19,22-29,44-45,47,60,64-65,81,88H,4,7,12-13,20-21,30-43,46,48-50H2,1-2H3,(H,82,92)/t64?,65-,71-/m0/s1. The summed E-state index contributed by atoms with van der Waals surface area (Å²) in [5, 5.41) is 17.5. The van der Waals surface area contributed by atoms with Gasteiger partial charge in [0.05, 0.1) is 35.6 Å². The van der Waals surface area contributed by atoms with E-state index in [0.717, 1.165) is 91.1 Å². The van der Waals surface area contributed by atoms with Crippen molar-refractivity contribution in [1.29, 1.82) is 0 Å². The van der Waals surface area contributed by atoms with Gasteiger partial charge in [-0.15, -0.1) is 0 Å². The monoisotopic (exact) mass is 1320 g/mol. The number of piperidine rings is 2. The van der Waals surface area contributed by atoms with E-state index in [1.807, 2.05) is 98.0 Å². The lowest BCUT2D eigenvalue weighted by molar-refractivity contribution is -0.143. The average molecular weight is 1320 g/mol. The van der Waals surface area contributed by atoms with Crippen molar-refractivity contribution < 1.29 is 69.2 Å². The number of aliphatic hydroxyl groups excluding tert-OH is 1. The molecule has 3 saturated heterocycles. The summed E-state index contributed by atoms with van der Waals surface area (Å²) >= 11 is 0. The number of amides is 4. The third-order valence-electron chi connectivity index (χ3n) is 19.3. The van der Waals surface area contributed by atoms with Crippen molar-refractivity contribution >= 4 is 35.2 Å². The van der Waals surface area contributed by atoms with Crippen LogP contribution in [0, 0.1) is 5.82 Å². The zero-order valence-corrected chi connectivity index (χ0v) is 53.7. The van der Waals surface area contributed by atoms with Crippen molar-refractivity contribution in [3.8, 4) is 11.1 Å². The number of carbonyl (C=O) groups is 4. The lowest BCUT2D eigenvalue weighted by Crippen LogP contribution is -2.50. The summed E-state index contributed by atoms with van der Waals surface area (Å²) in [6, 6.07) is 39.7. The van der Waals surface area contributed by atoms with Crippen LogP contribution in [0.15, 0.2) is 146 Å². The smallest absolute Gasteiger partial charge is 0.416 e. The first-order chi connectivity index (χ1) is 45.6. The minimum atomic E-state index is -5.15. The molecule has 22 heteroatoms. The number of nitrogens with one attached hydrogen (secondary N) is 2. The Labute approximate surface area is 550 Å². The number of likely N-dealkylation sites (tertiary alicyclic amines) is 2. The number of alkyl halides is 6. The Morgan fingerprint density at radius 1 is 0.716 bits per heavy atom. The van der Waals surface area contributed by atoms with E-state index in [-0.39, 0.29) is 49.7 Å². The summed E-state index contributed by atoms with van der Waals surface area (Å²) in [4.78, 5) is 62.3. The fraction of sp³-hybridized carbons (Fsp3) is 0.452. The molecule has 3 N–H and O–H groups in total. The number of likely N-dealkylation sites (N-methyl/N-ethyl adjacent to an activating group) is 2. The number of unbranched alkanes of at least 4 members (excludes halogenated alkanes) is 2. The highest BCUT2D eigenvalue weighted by molar-refractivity contribution is 5.95. The number of ether oxygens (including phenoxy) is 3. The molecule has 4 aliphatic rings. The third-order valence-corrected chi connectivity index (χ3v) is 19.3. The van der Waals surface area contributed by atoms with E-state index in [0.29, 0.717) is 94.6 Å². The second kappa shape index (κ2) is 31.3. The minimum absolute atomic E-state index is 0.0268. The number of halogens is 7. The predicted octanol–water partition coefficient (Wildman–Crippen LogP) is 13.3. The van der Waals surface area contributed by atoms with E-state index in [9.17, 15) is 55.0 Å². The summed E-state index contributed by atoms with van der Waals surface area (Å²) in [5.41, 5.74) is 1.51. The van der Waals surface area contributed by atoms with Gasteiger partial charge in [-0.05, 0) is 154 Å². The Balaban J connectivity index is 0.604. The zero-order chi connectivity index (χ0) is 67.3. The molecule has 3 atom stereocenters. The van der Waals surface area contributed by atoms with Crippen molar-refractivity contribution in [1.82, 2.24) is 24.5 Å². The highest BCUT2D eigenvalue weighted by Gasteiger charge is 2.50. The Kier molecular flexibility index (Phi) is 23.1. The Morgan fingerprint density at radius 2 is 1.37 bits per heavy atom. The maximum absolute atomic E-state index is 14.2. The highest BCUT2D eigenvalue weighted by atomic mass is 19.4. The largest absolute Gasteiger partial charge is 0.446 e. The Morgan fingerprint density at radius 3 is 2.07 bits per heavy atom. The Hall–Kier alpha value is -7.89. The number of benzene rings is 6. The number of carbonyl (C=O) groups excluding carboxylic acids is 4. The first-order valence-electron chi connectivity index (χ1n) is 32.8. The molecule has 6 aromatic carbocycles. The number of nitrogens with zero attached hydrogens (tertiary/aromatic N) is 5. The zero-order valence-electron chi connectivity index (χ0n) is 53.7. The maximum atomic E-state index is 14.2. The van der Waals surface area contributed by atoms with Crippen molar-refractivity contribution in [2.75, 3.05) is 104 Å². The van der Waals surface area contributed by atoms with Crippen molar-refractivity contribution in [3.63, 3.8) is 0 Å². The quantitative estimate of drug-likeness (QED) is 0.0351. The van der Waals surface area contributed by atoms with E-state index in [2.05, 4.69) is 32.6 Å². The molecule has 6 aromatic rings. The number of rotatable bonds is 26. The van der Waals surface area contributed by atoms with Gasteiger partial charge in [-0.2, -0.15) is 26.3 Å². The lowest BCUT2D eigenvalue weighted by Gasteiger charge is -2.44. The number of anilines is 2. The second-order valence-electron chi connectivity index (χ2n) is 25.6. The molecule has 3 aliphatic heterocycles. The van der Waals surface area contributed by atoms with Crippen LogP contribution in [0.3, 0.4) is 0 Å². The summed E-state index contributed by atoms with van der Waals surface area (Å²) in [6.45, 7) is 5.01. The molecule has 3 heterocycles. The van der Waals surface area contributed by atoms with Crippen LogP contribution in [-0.4, -0.2) is 159 Å². The summed E-state index contributed by atoms with van der Waals surface area (Å²) in [6.07, 6.45) is -4.17. The minimum Gasteiger partial charge on any atom is -0.446 e. The van der Waals surface area contributed by atoms with Crippen molar-refractivity contribution in [2.24, 2.45) is 0 Å². The van der Waals surface area contributed by atoms with Crippen molar-refractivity contribution in [3.05, 3.63) is 190 Å². The molecule has 508 valence electrons. The van der Waals surface area contributed by atoms with Gasteiger partial charge in [-0.3, -0.25) is 19.7 Å². The second-order valence-corrected chi connectivity index (χ2v) is 25.6. The SMILES string of the molecule is CN(CCN1CCC(OC(=O)Nc2ccccc2-c2ccccc2)CC1)C(=O)CCCCCNc1ccc(C(O)CCCN(C)C(=O)CO[C@H]2Cc3ccccc3C23CCN(CC[C@@]2(c4ccc(F)cc4)CN(C(=O)c4cc(C(F)(F)F)cc(C(F)(F)F)c4)CO2)CC3)cc1. The molecule has 95 heavy (non-hydrogen) atoms. The van der Waals surface area contributed by atoms with Gasteiger partial charge in [0.25, 0.3) is 5.91 Å². The van der Waals surface area contributed by atoms with Gasteiger partial charge in [0.15, 0.2) is 0 Å². The van der Waals surface area contributed by atoms with Gasteiger partial charge in [0.1, 0.15) is 30.9 Å². The number of fused-ring (bicyclic) bond motifs is 2. The van der Waals surface area contributed by atoms with Crippen LogP contribution in [0.1, 0.15) is 120 Å². The topological polar surface area (TPSA) is 156 Å². The summed E-state index contributed by atoms with van der Waals surface area (Å²) in [5.74, 6) is -1.66. The number of hydrogen-bond acceptors (Lipinski definition) is 11. The third kappa shape index (κ3) is 18.0. The van der Waals surface area contributed by atoms with E-state index in [4.69, 9.17) is 14.2 Å². The summed E-state index contributed by atoms with van der Waals surface area (Å²) in [7, 11) is 3.58. The molecular weight excluding hydrogens is 1240 g/mol. The molecule has 15 nitrogen and oxygen atoms in total. The van der Waals surface area contributed by atoms with Gasteiger partial charge in [-0.1, -0.05) is 103 Å². The van der Waals surface area contributed by atoms with Gasteiger partial charge >= 0.3 is 18.4 Å². The van der Waals surface area contributed by atoms with Crippen LogP contribution >= 0.6 is 0 Å². The van der Waals surface area contributed by atoms with Crippen molar-refractivity contribution in [2.45, 2.75) is 119 Å². The number of para-hydroxylation sites is 1. The fourth-order valence-corrected chi connectivity index (χ4v) is 13.6. The summed E-state index contributed by atoms with van der Waals surface area (Å²) < 4.78 is 115. The van der Waals surface area contributed by atoms with E-state index in [1.165, 1.54) is 29.8 Å². The van der Waals surface area contributed by atoms with Crippen LogP contribution in [-0.2, 0) is 53.6 Å². The molecule has 0 saturated carbocycles. The molecule has 10 rings (SSSR count). The molecule has 0 bridgehead atoms. The van der Waals surface area contributed by atoms with Crippen LogP contribution in [0.2, 0.25) is 0 Å². The molecule has 3 fully saturated rings. The lowest BCUT2D eigenvalue weighted by atomic mass is 9.72. The Bertz CT molecular complexity index is 3520. The molecular formula is C73H84F7N7O8. The molecule has 0 radical (unpaired) electrons. The van der Waals surface area contributed by atoms with Crippen LogP contribution in [0.5, 0.6) is 0 Å².